The molecule has 1 atom stereocenters. The number of hydrogen-bond donors (Lipinski definition) is 2. The zero-order valence-electron chi connectivity index (χ0n) is 10.8. The molecule has 1 heterocycles. The van der Waals surface area contributed by atoms with Gasteiger partial charge in [-0.05, 0) is 20.8 Å². The molecule has 0 saturated carbocycles. The van der Waals surface area contributed by atoms with Crippen molar-refractivity contribution >= 4 is 27.3 Å². The van der Waals surface area contributed by atoms with E-state index in [9.17, 15) is 13.2 Å². The van der Waals surface area contributed by atoms with Crippen LogP contribution in [0.4, 0.5) is 0 Å². The summed E-state index contributed by atoms with van der Waals surface area (Å²) in [6.45, 7) is 5.41. The molecule has 2 N–H and O–H groups in total. The van der Waals surface area contributed by atoms with E-state index in [-0.39, 0.29) is 18.5 Å². The fourth-order valence-electron chi connectivity index (χ4n) is 1.50. The third-order valence-electron chi connectivity index (χ3n) is 2.22. The molecule has 0 aliphatic carbocycles. The lowest BCUT2D eigenvalue weighted by Crippen LogP contribution is -2.37. The SMILES string of the molecule is Cc1nc([C@@H](C)NC(=O)CNS(C)(=O)=O)c(C)s1. The first kappa shape index (κ1) is 15.1. The largest absolute Gasteiger partial charge is 0.347 e. The number of aryl methyl sites for hydroxylation is 2. The average Bonchev–Trinajstić information content (AvgIpc) is 2.54. The summed E-state index contributed by atoms with van der Waals surface area (Å²) in [5, 5.41) is 3.64. The molecule has 8 heteroatoms. The molecule has 1 aromatic heterocycles. The molecule has 0 saturated heterocycles. The van der Waals surface area contributed by atoms with Crippen molar-refractivity contribution < 1.29 is 13.2 Å². The molecule has 0 aliphatic heterocycles. The highest BCUT2D eigenvalue weighted by atomic mass is 32.2. The molecule has 0 spiro atoms. The number of nitrogens with one attached hydrogen (secondary N) is 2. The summed E-state index contributed by atoms with van der Waals surface area (Å²) in [6, 6.07) is -0.233. The molecule has 0 bridgehead atoms. The average molecular weight is 291 g/mol. The lowest BCUT2D eigenvalue weighted by Gasteiger charge is -2.12. The Kier molecular flexibility index (Phi) is 4.83. The quantitative estimate of drug-likeness (QED) is 0.826. The predicted molar refractivity (Wildman–Crippen MR) is 71.0 cm³/mol. The second kappa shape index (κ2) is 5.77. The van der Waals surface area contributed by atoms with Crippen molar-refractivity contribution in [1.29, 1.82) is 0 Å². The Morgan fingerprint density at radius 2 is 2.06 bits per heavy atom. The zero-order valence-corrected chi connectivity index (χ0v) is 12.4. The molecule has 18 heavy (non-hydrogen) atoms. The van der Waals surface area contributed by atoms with E-state index < -0.39 is 10.0 Å². The molecule has 0 aromatic carbocycles. The Bertz CT molecular complexity index is 537. The molecule has 102 valence electrons. The first-order valence-corrected chi connectivity index (χ1v) is 8.08. The van der Waals surface area contributed by atoms with E-state index in [0.717, 1.165) is 21.8 Å². The lowest BCUT2D eigenvalue weighted by molar-refractivity contribution is -0.120. The van der Waals surface area contributed by atoms with E-state index in [2.05, 4.69) is 15.0 Å². The van der Waals surface area contributed by atoms with E-state index in [0.29, 0.717) is 0 Å². The molecule has 1 amide bonds. The Hall–Kier alpha value is -0.990. The number of aromatic nitrogens is 1. The van der Waals surface area contributed by atoms with Crippen molar-refractivity contribution in [3.05, 3.63) is 15.6 Å². The van der Waals surface area contributed by atoms with E-state index in [1.54, 1.807) is 11.3 Å². The summed E-state index contributed by atoms with van der Waals surface area (Å²) in [7, 11) is -3.35. The Balaban J connectivity index is 2.57. The van der Waals surface area contributed by atoms with Crippen LogP contribution in [-0.4, -0.2) is 32.1 Å². The van der Waals surface area contributed by atoms with Crippen molar-refractivity contribution in [1.82, 2.24) is 15.0 Å². The van der Waals surface area contributed by atoms with Gasteiger partial charge in [-0.25, -0.2) is 18.1 Å². The van der Waals surface area contributed by atoms with E-state index in [1.807, 2.05) is 20.8 Å². The number of carbonyl (C=O) groups is 1. The monoisotopic (exact) mass is 291 g/mol. The predicted octanol–water partition coefficient (Wildman–Crippen LogP) is 0.486. The number of carbonyl (C=O) groups excluding carboxylic acids is 1. The first-order chi connectivity index (χ1) is 8.19. The molecular formula is C10H17N3O3S2. The minimum absolute atomic E-state index is 0.233. The van der Waals surface area contributed by atoms with Gasteiger partial charge in [0, 0.05) is 4.88 Å². The van der Waals surface area contributed by atoms with Gasteiger partial charge < -0.3 is 5.32 Å². The summed E-state index contributed by atoms with van der Waals surface area (Å²) >= 11 is 1.57. The van der Waals surface area contributed by atoms with Gasteiger partial charge in [0.05, 0.1) is 29.5 Å². The number of rotatable bonds is 5. The van der Waals surface area contributed by atoms with Gasteiger partial charge in [-0.2, -0.15) is 0 Å². The fourth-order valence-corrected chi connectivity index (χ4v) is 2.81. The maximum Gasteiger partial charge on any atom is 0.235 e. The second-order valence-electron chi connectivity index (χ2n) is 4.06. The van der Waals surface area contributed by atoms with Crippen LogP contribution in [0.2, 0.25) is 0 Å². The summed E-state index contributed by atoms with van der Waals surface area (Å²) in [5.74, 6) is -0.377. The van der Waals surface area contributed by atoms with E-state index in [1.165, 1.54) is 0 Å². The summed E-state index contributed by atoms with van der Waals surface area (Å²) in [6.07, 6.45) is 1.01. The van der Waals surface area contributed by atoms with Gasteiger partial charge >= 0.3 is 0 Å². The Labute approximate surface area is 111 Å². The van der Waals surface area contributed by atoms with E-state index in [4.69, 9.17) is 0 Å². The number of sulfonamides is 1. The van der Waals surface area contributed by atoms with Gasteiger partial charge in [-0.15, -0.1) is 11.3 Å². The topological polar surface area (TPSA) is 88.2 Å². The van der Waals surface area contributed by atoms with Crippen molar-refractivity contribution in [3.8, 4) is 0 Å². The van der Waals surface area contributed by atoms with Crippen LogP contribution in [-0.2, 0) is 14.8 Å². The van der Waals surface area contributed by atoms with Gasteiger partial charge in [0.2, 0.25) is 15.9 Å². The van der Waals surface area contributed by atoms with Crippen LogP contribution in [0.1, 0.15) is 28.5 Å². The zero-order chi connectivity index (χ0) is 13.9. The molecule has 0 aliphatic rings. The maximum absolute atomic E-state index is 11.5. The van der Waals surface area contributed by atoms with Crippen LogP contribution < -0.4 is 10.0 Å². The van der Waals surface area contributed by atoms with Crippen molar-refractivity contribution in [2.24, 2.45) is 0 Å². The van der Waals surface area contributed by atoms with Crippen LogP contribution in [0.3, 0.4) is 0 Å². The summed E-state index contributed by atoms with van der Waals surface area (Å²) in [5.41, 5.74) is 0.824. The highest BCUT2D eigenvalue weighted by Crippen LogP contribution is 2.22. The van der Waals surface area contributed by atoms with Crippen LogP contribution in [0, 0.1) is 13.8 Å². The van der Waals surface area contributed by atoms with Gasteiger partial charge in [-0.1, -0.05) is 0 Å². The third-order valence-corrected chi connectivity index (χ3v) is 3.79. The molecular weight excluding hydrogens is 274 g/mol. The second-order valence-corrected chi connectivity index (χ2v) is 7.30. The number of hydrogen-bond acceptors (Lipinski definition) is 5. The van der Waals surface area contributed by atoms with Crippen LogP contribution in [0.15, 0.2) is 0 Å². The summed E-state index contributed by atoms with van der Waals surface area (Å²) < 4.78 is 23.8. The van der Waals surface area contributed by atoms with Crippen LogP contribution >= 0.6 is 11.3 Å². The van der Waals surface area contributed by atoms with Crippen molar-refractivity contribution in [2.45, 2.75) is 26.8 Å². The van der Waals surface area contributed by atoms with E-state index >= 15 is 0 Å². The van der Waals surface area contributed by atoms with Gasteiger partial charge in [-0.3, -0.25) is 4.79 Å². The van der Waals surface area contributed by atoms with Gasteiger partial charge in [0.15, 0.2) is 0 Å². The minimum atomic E-state index is -3.35. The first-order valence-electron chi connectivity index (χ1n) is 5.37. The smallest absolute Gasteiger partial charge is 0.235 e. The number of nitrogens with zero attached hydrogens (tertiary/aromatic N) is 1. The number of thiazole rings is 1. The molecule has 1 rings (SSSR count). The fraction of sp³-hybridized carbons (Fsp3) is 0.600. The molecule has 0 unspecified atom stereocenters. The highest BCUT2D eigenvalue weighted by molar-refractivity contribution is 7.88. The molecule has 0 radical (unpaired) electrons. The van der Waals surface area contributed by atoms with Crippen molar-refractivity contribution in [2.75, 3.05) is 12.8 Å². The Morgan fingerprint density at radius 3 is 2.50 bits per heavy atom. The Morgan fingerprint density at radius 1 is 1.44 bits per heavy atom. The maximum atomic E-state index is 11.5. The van der Waals surface area contributed by atoms with Crippen molar-refractivity contribution in [3.63, 3.8) is 0 Å². The lowest BCUT2D eigenvalue weighted by atomic mass is 10.2. The normalized spacial score (nSPS) is 13.3. The molecule has 0 fully saturated rings. The van der Waals surface area contributed by atoms with Gasteiger partial charge in [0.1, 0.15) is 0 Å². The van der Waals surface area contributed by atoms with Crippen LogP contribution in [0.25, 0.3) is 0 Å². The molecule has 6 nitrogen and oxygen atoms in total. The number of amides is 1. The minimum Gasteiger partial charge on any atom is -0.347 e. The highest BCUT2D eigenvalue weighted by Gasteiger charge is 2.16. The summed E-state index contributed by atoms with van der Waals surface area (Å²) in [4.78, 5) is 16.9. The standard InChI is InChI=1S/C10H17N3O3S2/c1-6(10-7(2)17-8(3)13-10)12-9(14)5-11-18(4,15)16/h6,11H,5H2,1-4H3,(H,12,14)/t6-/m1/s1. The third kappa shape index (κ3) is 4.71. The van der Waals surface area contributed by atoms with Crippen LogP contribution in [0.5, 0.6) is 0 Å². The molecule has 1 aromatic rings. The van der Waals surface area contributed by atoms with Gasteiger partial charge in [0.25, 0.3) is 0 Å².